The molecule has 0 unspecified atom stereocenters. The first-order valence-electron chi connectivity index (χ1n) is 6.95. The Balaban J connectivity index is 2.21. The number of aromatic hydroxyl groups is 1. The number of pyridine rings is 2. The van der Waals surface area contributed by atoms with Gasteiger partial charge in [-0.3, -0.25) is 4.98 Å². The van der Waals surface area contributed by atoms with E-state index in [-0.39, 0.29) is 5.75 Å². The fourth-order valence-electron chi connectivity index (χ4n) is 2.85. The third kappa shape index (κ3) is 1.75. The van der Waals surface area contributed by atoms with E-state index in [0.717, 1.165) is 44.4 Å². The van der Waals surface area contributed by atoms with Crippen molar-refractivity contribution in [2.24, 2.45) is 0 Å². The highest BCUT2D eigenvalue weighted by Gasteiger charge is 2.17. The highest BCUT2D eigenvalue weighted by Crippen LogP contribution is 2.35. The van der Waals surface area contributed by atoms with Crippen LogP contribution in [0.1, 0.15) is 11.5 Å². The van der Waals surface area contributed by atoms with Gasteiger partial charge in [0.05, 0.1) is 22.5 Å². The van der Waals surface area contributed by atoms with Crippen molar-refractivity contribution in [3.05, 3.63) is 48.1 Å². The van der Waals surface area contributed by atoms with Gasteiger partial charge in [-0.25, -0.2) is 4.98 Å². The van der Waals surface area contributed by atoms with Crippen molar-refractivity contribution in [1.29, 1.82) is 0 Å². The number of rotatable bonds is 1. The third-order valence-corrected chi connectivity index (χ3v) is 3.85. The summed E-state index contributed by atoms with van der Waals surface area (Å²) >= 11 is 0. The van der Waals surface area contributed by atoms with Gasteiger partial charge in [-0.15, -0.1) is 0 Å². The molecule has 22 heavy (non-hydrogen) atoms. The fraction of sp³-hybridized carbons (Fsp3) is 0.118. The molecule has 0 atom stereocenters. The molecule has 0 aliphatic carbocycles. The van der Waals surface area contributed by atoms with E-state index in [1.54, 1.807) is 18.3 Å². The topological polar surface area (TPSA) is 72.0 Å². The van der Waals surface area contributed by atoms with Crippen LogP contribution < -0.4 is 0 Å². The van der Waals surface area contributed by atoms with E-state index in [1.807, 2.05) is 32.2 Å². The second kappa shape index (κ2) is 4.53. The summed E-state index contributed by atoms with van der Waals surface area (Å²) in [5.74, 6) is 0.913. The summed E-state index contributed by atoms with van der Waals surface area (Å²) < 4.78 is 5.28. The molecular formula is C17H13N3O2. The van der Waals surface area contributed by atoms with Crippen molar-refractivity contribution in [2.45, 2.75) is 13.8 Å². The number of fused-ring (bicyclic) bond motifs is 3. The van der Waals surface area contributed by atoms with Gasteiger partial charge in [0.25, 0.3) is 0 Å². The van der Waals surface area contributed by atoms with Gasteiger partial charge < -0.3 is 9.63 Å². The summed E-state index contributed by atoms with van der Waals surface area (Å²) in [4.78, 5) is 8.96. The van der Waals surface area contributed by atoms with E-state index in [2.05, 4.69) is 10.1 Å². The van der Waals surface area contributed by atoms with E-state index in [9.17, 15) is 5.11 Å². The molecule has 108 valence electrons. The minimum atomic E-state index is 0.188. The normalized spacial score (nSPS) is 11.4. The lowest BCUT2D eigenvalue weighted by molar-refractivity contribution is 0.393. The first kappa shape index (κ1) is 12.8. The smallest absolute Gasteiger partial charge is 0.143 e. The number of hydrogen-bond donors (Lipinski definition) is 1. The summed E-state index contributed by atoms with van der Waals surface area (Å²) in [6.45, 7) is 3.77. The van der Waals surface area contributed by atoms with Crippen molar-refractivity contribution in [2.75, 3.05) is 0 Å². The molecule has 4 rings (SSSR count). The Bertz CT molecular complexity index is 1000. The second-order valence-corrected chi connectivity index (χ2v) is 5.28. The molecule has 0 amide bonds. The predicted octanol–water partition coefficient (Wildman–Crippen LogP) is 3.76. The molecule has 0 aliphatic rings. The number of aromatic nitrogens is 3. The van der Waals surface area contributed by atoms with Crippen molar-refractivity contribution < 1.29 is 9.63 Å². The second-order valence-electron chi connectivity index (χ2n) is 5.28. The van der Waals surface area contributed by atoms with Gasteiger partial charge >= 0.3 is 0 Å². The minimum Gasteiger partial charge on any atom is -0.508 e. The van der Waals surface area contributed by atoms with Crippen LogP contribution in [0.3, 0.4) is 0 Å². The Morgan fingerprint density at radius 2 is 1.91 bits per heavy atom. The van der Waals surface area contributed by atoms with Crippen LogP contribution in [-0.4, -0.2) is 20.2 Å². The monoisotopic (exact) mass is 291 g/mol. The van der Waals surface area contributed by atoms with Gasteiger partial charge in [-0.05, 0) is 32.0 Å². The zero-order valence-electron chi connectivity index (χ0n) is 12.2. The molecule has 0 bridgehead atoms. The molecule has 5 nitrogen and oxygen atoms in total. The van der Waals surface area contributed by atoms with Crippen LogP contribution in [0.2, 0.25) is 0 Å². The molecule has 0 radical (unpaired) electrons. The Morgan fingerprint density at radius 3 is 2.68 bits per heavy atom. The maximum Gasteiger partial charge on any atom is 0.143 e. The molecule has 1 aromatic carbocycles. The molecule has 0 saturated carbocycles. The van der Waals surface area contributed by atoms with E-state index in [4.69, 9.17) is 9.51 Å². The highest BCUT2D eigenvalue weighted by atomic mass is 16.5. The number of hydrogen-bond acceptors (Lipinski definition) is 5. The van der Waals surface area contributed by atoms with Gasteiger partial charge in [0, 0.05) is 34.6 Å². The van der Waals surface area contributed by atoms with E-state index in [0.29, 0.717) is 0 Å². The summed E-state index contributed by atoms with van der Waals surface area (Å²) in [5.41, 5.74) is 3.20. The van der Waals surface area contributed by atoms with Gasteiger partial charge in [-0.1, -0.05) is 5.16 Å². The average molecular weight is 291 g/mol. The Labute approximate surface area is 126 Å². The number of benzene rings is 1. The van der Waals surface area contributed by atoms with Crippen LogP contribution in [0.25, 0.3) is 32.9 Å². The molecule has 0 fully saturated rings. The molecule has 1 N–H and O–H groups in total. The minimum absolute atomic E-state index is 0.188. The lowest BCUT2D eigenvalue weighted by Crippen LogP contribution is -1.92. The van der Waals surface area contributed by atoms with Crippen molar-refractivity contribution in [3.8, 4) is 17.0 Å². The molecule has 5 heteroatoms. The number of phenols is 1. The quantitative estimate of drug-likeness (QED) is 0.541. The maximum absolute atomic E-state index is 9.75. The first-order valence-corrected chi connectivity index (χ1v) is 6.95. The maximum atomic E-state index is 9.75. The third-order valence-electron chi connectivity index (χ3n) is 3.85. The summed E-state index contributed by atoms with van der Waals surface area (Å²) in [5, 5.41) is 16.7. The van der Waals surface area contributed by atoms with Gasteiger partial charge in [-0.2, -0.15) is 0 Å². The number of aryl methyl sites for hydroxylation is 2. The zero-order chi connectivity index (χ0) is 15.3. The van der Waals surface area contributed by atoms with E-state index >= 15 is 0 Å². The highest BCUT2D eigenvalue weighted by molar-refractivity contribution is 6.10. The number of nitrogens with zero attached hydrogens (tertiary/aromatic N) is 3. The van der Waals surface area contributed by atoms with Crippen molar-refractivity contribution in [1.82, 2.24) is 15.1 Å². The summed E-state index contributed by atoms with van der Waals surface area (Å²) in [6.07, 6.45) is 3.57. The Kier molecular flexibility index (Phi) is 2.63. The molecule has 3 heterocycles. The summed E-state index contributed by atoms with van der Waals surface area (Å²) in [7, 11) is 0. The van der Waals surface area contributed by atoms with Crippen LogP contribution in [-0.2, 0) is 0 Å². The molecule has 3 aromatic heterocycles. The summed E-state index contributed by atoms with van der Waals surface area (Å²) in [6, 6.07) is 7.12. The average Bonchev–Trinajstić information content (AvgIpc) is 2.85. The van der Waals surface area contributed by atoms with Crippen molar-refractivity contribution in [3.63, 3.8) is 0 Å². The van der Waals surface area contributed by atoms with Gasteiger partial charge in [0.15, 0.2) is 0 Å². The number of phenolic OH excluding ortho intramolecular Hbond substituents is 1. The van der Waals surface area contributed by atoms with Crippen LogP contribution in [0, 0.1) is 13.8 Å². The largest absolute Gasteiger partial charge is 0.508 e. The van der Waals surface area contributed by atoms with Gasteiger partial charge in [0.1, 0.15) is 11.5 Å². The SMILES string of the molecule is Cc1noc(C)c1-c1nc2cc(O)ccc2c2cnccc12. The molecular weight excluding hydrogens is 278 g/mol. The Morgan fingerprint density at radius 1 is 1.05 bits per heavy atom. The van der Waals surface area contributed by atoms with E-state index in [1.165, 1.54) is 0 Å². The molecule has 0 aliphatic heterocycles. The van der Waals surface area contributed by atoms with Crippen LogP contribution in [0.4, 0.5) is 0 Å². The Hall–Kier alpha value is -2.95. The molecule has 4 aromatic rings. The van der Waals surface area contributed by atoms with E-state index < -0.39 is 0 Å². The molecule has 0 spiro atoms. The lowest BCUT2D eigenvalue weighted by Gasteiger charge is -2.09. The van der Waals surface area contributed by atoms with Crippen molar-refractivity contribution >= 4 is 21.7 Å². The van der Waals surface area contributed by atoms with Crippen LogP contribution in [0.15, 0.2) is 41.2 Å². The zero-order valence-corrected chi connectivity index (χ0v) is 12.2. The first-order chi connectivity index (χ1) is 10.6. The van der Waals surface area contributed by atoms with Gasteiger partial charge in [0.2, 0.25) is 0 Å². The fourth-order valence-corrected chi connectivity index (χ4v) is 2.85. The molecule has 0 saturated heterocycles. The van der Waals surface area contributed by atoms with Crippen LogP contribution in [0.5, 0.6) is 5.75 Å². The van der Waals surface area contributed by atoms with Crippen LogP contribution >= 0.6 is 0 Å². The standard InChI is InChI=1S/C17H13N3O2/c1-9-16(10(2)22-20-9)17-13-5-6-18-8-14(13)12-4-3-11(21)7-15(12)19-17/h3-8,21H,1-2H3. The lowest BCUT2D eigenvalue weighted by atomic mass is 10.0. The predicted molar refractivity (Wildman–Crippen MR) is 83.7 cm³/mol.